The molecule has 0 N–H and O–H groups in total. The highest BCUT2D eigenvalue weighted by Gasteiger charge is 2.18. The third kappa shape index (κ3) is 1.21. The molecule has 0 amide bonds. The lowest BCUT2D eigenvalue weighted by molar-refractivity contribution is 0.306. The van der Waals surface area contributed by atoms with Gasteiger partial charge < -0.3 is 0 Å². The van der Waals surface area contributed by atoms with Crippen molar-refractivity contribution in [1.82, 2.24) is 0 Å². The Kier molecular flexibility index (Phi) is 1.70. The molecule has 0 aromatic rings. The summed E-state index contributed by atoms with van der Waals surface area (Å²) in [5, 5.41) is 1.45. The van der Waals surface area contributed by atoms with Crippen LogP contribution in [-0.2, 0) is 15.3 Å². The van der Waals surface area contributed by atoms with Crippen molar-refractivity contribution in [1.29, 1.82) is 0 Å². The molecule has 0 aromatic carbocycles. The lowest BCUT2D eigenvalue weighted by Crippen LogP contribution is -2.01. The first-order valence-corrected chi connectivity index (χ1v) is 3.64. The molecular weight excluding hydrogens is 136 g/mol. The summed E-state index contributed by atoms with van der Waals surface area (Å²) >= 11 is -1.29. The Labute approximate surface area is 56.6 Å². The van der Waals surface area contributed by atoms with Gasteiger partial charge in [0.25, 0.3) is 0 Å². The first-order valence-electron chi connectivity index (χ1n) is 2.50. The molecule has 2 unspecified atom stereocenters. The number of rotatable bonds is 0. The Morgan fingerprint density at radius 3 is 2.89 bits per heavy atom. The summed E-state index contributed by atoms with van der Waals surface area (Å²) in [4.78, 5) is 0. The van der Waals surface area contributed by atoms with Gasteiger partial charge in [0, 0.05) is 11.0 Å². The average Bonchev–Trinajstić information content (AvgIpc) is 2.10. The van der Waals surface area contributed by atoms with Crippen LogP contribution >= 0.6 is 0 Å². The van der Waals surface area contributed by atoms with E-state index >= 15 is 0 Å². The minimum Gasteiger partial charge on any atom is -0.279 e. The summed E-state index contributed by atoms with van der Waals surface area (Å²) in [6.45, 7) is 1.77. The summed E-state index contributed by atoms with van der Waals surface area (Å²) in [6, 6.07) is 0. The molecule has 0 aliphatic carbocycles. The van der Waals surface area contributed by atoms with Crippen molar-refractivity contribution in [2.75, 3.05) is 0 Å². The van der Waals surface area contributed by atoms with E-state index in [2.05, 4.69) is 5.92 Å². The molecular formula is C6H6O2S. The summed E-state index contributed by atoms with van der Waals surface area (Å²) < 4.78 is 15.3. The molecule has 1 aliphatic heterocycles. The second-order valence-corrected chi connectivity index (χ2v) is 2.67. The van der Waals surface area contributed by atoms with Crippen LogP contribution in [-0.4, -0.2) is 10.3 Å². The largest absolute Gasteiger partial charge is 0.279 e. The predicted molar refractivity (Wildman–Crippen MR) is 35.6 cm³/mol. The van der Waals surface area contributed by atoms with E-state index < -0.39 is 11.1 Å². The molecule has 1 aliphatic rings. The molecule has 0 saturated heterocycles. The van der Waals surface area contributed by atoms with Gasteiger partial charge in [0.1, 0.15) is 6.10 Å². The minimum absolute atomic E-state index is 0.171. The molecule has 0 spiro atoms. The molecule has 0 bridgehead atoms. The zero-order valence-corrected chi connectivity index (χ0v) is 5.77. The maximum Gasteiger partial charge on any atom is 0.183 e. The number of terminal acetylenes is 1. The molecule has 3 heteroatoms. The van der Waals surface area contributed by atoms with Crippen molar-refractivity contribution in [2.45, 2.75) is 13.0 Å². The van der Waals surface area contributed by atoms with Crippen LogP contribution < -0.4 is 0 Å². The van der Waals surface area contributed by atoms with E-state index in [0.29, 0.717) is 5.57 Å². The van der Waals surface area contributed by atoms with Gasteiger partial charge in [-0.25, -0.2) is 4.21 Å². The zero-order chi connectivity index (χ0) is 6.85. The van der Waals surface area contributed by atoms with E-state index in [1.807, 2.05) is 0 Å². The van der Waals surface area contributed by atoms with Crippen LogP contribution in [0.3, 0.4) is 0 Å². The monoisotopic (exact) mass is 142 g/mol. The molecule has 2 atom stereocenters. The lowest BCUT2D eigenvalue weighted by atomic mass is 10.2. The quantitative estimate of drug-likeness (QED) is 0.462. The van der Waals surface area contributed by atoms with Crippen molar-refractivity contribution in [3.05, 3.63) is 11.0 Å². The lowest BCUT2D eigenvalue weighted by Gasteiger charge is -1.97. The van der Waals surface area contributed by atoms with Crippen molar-refractivity contribution < 1.29 is 8.39 Å². The van der Waals surface area contributed by atoms with Crippen molar-refractivity contribution in [2.24, 2.45) is 0 Å². The molecule has 0 fully saturated rings. The van der Waals surface area contributed by atoms with Gasteiger partial charge in [-0.15, -0.1) is 6.42 Å². The van der Waals surface area contributed by atoms with Crippen LogP contribution in [0.15, 0.2) is 11.0 Å². The molecule has 9 heavy (non-hydrogen) atoms. The van der Waals surface area contributed by atoms with Crippen molar-refractivity contribution in [3.63, 3.8) is 0 Å². The highest BCUT2D eigenvalue weighted by molar-refractivity contribution is 7.83. The van der Waals surface area contributed by atoms with Gasteiger partial charge in [-0.05, 0) is 6.92 Å². The summed E-state index contributed by atoms with van der Waals surface area (Å²) in [6.07, 6.45) is 4.88. The van der Waals surface area contributed by atoms with E-state index in [1.54, 1.807) is 6.92 Å². The van der Waals surface area contributed by atoms with Gasteiger partial charge >= 0.3 is 0 Å². The smallest absolute Gasteiger partial charge is 0.183 e. The molecule has 48 valence electrons. The Hall–Kier alpha value is -0.590. The Balaban J connectivity index is 2.84. The Morgan fingerprint density at radius 2 is 2.67 bits per heavy atom. The Bertz CT molecular complexity index is 212. The highest BCUT2D eigenvalue weighted by Crippen LogP contribution is 2.15. The second kappa shape index (κ2) is 2.34. The van der Waals surface area contributed by atoms with E-state index in [4.69, 9.17) is 10.6 Å². The van der Waals surface area contributed by atoms with Gasteiger partial charge in [-0.2, -0.15) is 0 Å². The fourth-order valence-electron chi connectivity index (χ4n) is 0.573. The van der Waals surface area contributed by atoms with Crippen LogP contribution in [0.4, 0.5) is 0 Å². The van der Waals surface area contributed by atoms with Gasteiger partial charge in [0.05, 0.1) is 0 Å². The molecule has 2 nitrogen and oxygen atoms in total. The fraction of sp³-hybridized carbons (Fsp3) is 0.333. The zero-order valence-electron chi connectivity index (χ0n) is 4.96. The Morgan fingerprint density at radius 1 is 2.00 bits per heavy atom. The number of hydrogen-bond donors (Lipinski definition) is 0. The van der Waals surface area contributed by atoms with E-state index in [1.165, 1.54) is 5.41 Å². The van der Waals surface area contributed by atoms with E-state index in [-0.39, 0.29) is 6.10 Å². The summed E-state index contributed by atoms with van der Waals surface area (Å²) in [5.41, 5.74) is 0.674. The standard InChI is InChI=1S/C6H6O2S/c1-3-6-4-9(7)8-5(6)2/h1,4-5H,2H3. The predicted octanol–water partition coefficient (Wildman–Crippen LogP) is 0.586. The SMILES string of the molecule is C#CC1=CS(=O)OC1C. The van der Waals surface area contributed by atoms with Crippen molar-refractivity contribution >= 4 is 11.1 Å². The normalized spacial score (nSPS) is 33.6. The van der Waals surface area contributed by atoms with Gasteiger partial charge in [-0.3, -0.25) is 4.18 Å². The van der Waals surface area contributed by atoms with E-state index in [0.717, 1.165) is 0 Å². The first kappa shape index (κ1) is 6.53. The highest BCUT2D eigenvalue weighted by atomic mass is 32.2. The maximum absolute atomic E-state index is 10.5. The van der Waals surface area contributed by atoms with Gasteiger partial charge in [-0.1, -0.05) is 5.92 Å². The third-order valence-corrected chi connectivity index (χ3v) is 1.99. The average molecular weight is 142 g/mol. The maximum atomic E-state index is 10.5. The summed E-state index contributed by atoms with van der Waals surface area (Å²) in [5.74, 6) is 2.39. The van der Waals surface area contributed by atoms with Crippen LogP contribution in [0.2, 0.25) is 0 Å². The number of hydrogen-bond acceptors (Lipinski definition) is 2. The minimum atomic E-state index is -1.29. The van der Waals surface area contributed by atoms with Crippen LogP contribution in [0, 0.1) is 12.3 Å². The van der Waals surface area contributed by atoms with Crippen LogP contribution in [0.1, 0.15) is 6.92 Å². The fourth-order valence-corrected chi connectivity index (χ4v) is 1.48. The topological polar surface area (TPSA) is 26.3 Å². The second-order valence-electron chi connectivity index (χ2n) is 1.72. The molecule has 0 aromatic heterocycles. The van der Waals surface area contributed by atoms with Crippen LogP contribution in [0.25, 0.3) is 0 Å². The molecule has 1 rings (SSSR count). The summed E-state index contributed by atoms with van der Waals surface area (Å²) in [7, 11) is 0. The molecule has 0 radical (unpaired) electrons. The van der Waals surface area contributed by atoms with Crippen LogP contribution in [0.5, 0.6) is 0 Å². The van der Waals surface area contributed by atoms with E-state index in [9.17, 15) is 4.21 Å². The van der Waals surface area contributed by atoms with Crippen molar-refractivity contribution in [3.8, 4) is 12.3 Å². The molecule has 1 heterocycles. The molecule has 0 saturated carbocycles. The third-order valence-electron chi connectivity index (χ3n) is 1.07. The van der Waals surface area contributed by atoms with Gasteiger partial charge in [0.15, 0.2) is 11.1 Å². The first-order chi connectivity index (χ1) is 4.24. The van der Waals surface area contributed by atoms with Gasteiger partial charge in [0.2, 0.25) is 0 Å².